The molecule has 8 heteroatoms. The largest absolute Gasteiger partial charge is 0.494 e. The molecule has 3 heterocycles. The Morgan fingerprint density at radius 1 is 1.06 bits per heavy atom. The average molecular weight is 432 g/mol. The topological polar surface area (TPSA) is 84.0 Å². The van der Waals surface area contributed by atoms with Crippen molar-refractivity contribution < 1.29 is 4.74 Å². The van der Waals surface area contributed by atoms with Crippen LogP contribution in [0.1, 0.15) is 0 Å². The third-order valence-corrected chi connectivity index (χ3v) is 5.38. The maximum Gasteiger partial charge on any atom is 0.144 e. The van der Waals surface area contributed by atoms with Crippen molar-refractivity contribution in [2.75, 3.05) is 57.3 Å². The summed E-state index contributed by atoms with van der Waals surface area (Å²) in [6.45, 7) is 1.79. The van der Waals surface area contributed by atoms with Crippen LogP contribution in [0.4, 0.5) is 22.9 Å². The Bertz CT molecular complexity index is 1220. The molecule has 1 aromatic carbocycles. The van der Waals surface area contributed by atoms with Crippen LogP contribution in [0, 0.1) is 0 Å². The zero-order valence-electron chi connectivity index (χ0n) is 18.9. The molecule has 3 aromatic heterocycles. The first kappa shape index (κ1) is 21.5. The van der Waals surface area contributed by atoms with E-state index in [-0.39, 0.29) is 0 Å². The highest BCUT2D eigenvalue weighted by Crippen LogP contribution is 2.36. The summed E-state index contributed by atoms with van der Waals surface area (Å²) >= 11 is 0. The molecule has 3 N–H and O–H groups in total. The first-order valence-corrected chi connectivity index (χ1v) is 10.4. The maximum atomic E-state index is 6.39. The van der Waals surface area contributed by atoms with E-state index in [2.05, 4.69) is 43.6 Å². The Hall–Kier alpha value is -3.78. The molecule has 4 aromatic rings. The van der Waals surface area contributed by atoms with Crippen LogP contribution in [0.2, 0.25) is 0 Å². The number of hydrogen-bond donors (Lipinski definition) is 2. The van der Waals surface area contributed by atoms with Crippen LogP contribution in [0.15, 0.2) is 61.1 Å². The molecule has 0 radical (unpaired) electrons. The Kier molecular flexibility index (Phi) is 6.13. The summed E-state index contributed by atoms with van der Waals surface area (Å²) < 4.78 is 7.70. The number of ether oxygens (including phenoxy) is 1. The van der Waals surface area contributed by atoms with Crippen molar-refractivity contribution in [3.8, 4) is 17.0 Å². The molecule has 0 fully saturated rings. The maximum absolute atomic E-state index is 6.39. The number of pyridine rings is 2. The van der Waals surface area contributed by atoms with E-state index in [4.69, 9.17) is 10.5 Å². The molecule has 0 aliphatic carbocycles. The van der Waals surface area contributed by atoms with Crippen molar-refractivity contribution in [3.63, 3.8) is 0 Å². The second-order valence-corrected chi connectivity index (χ2v) is 7.96. The Labute approximate surface area is 188 Å². The van der Waals surface area contributed by atoms with Gasteiger partial charge >= 0.3 is 0 Å². The molecule has 0 saturated carbocycles. The molecule has 0 aliphatic heterocycles. The Balaban J connectivity index is 1.61. The summed E-state index contributed by atoms with van der Waals surface area (Å²) in [7, 11) is 7.79. The van der Waals surface area contributed by atoms with Gasteiger partial charge in [0.25, 0.3) is 0 Å². The minimum atomic E-state index is 0.674. The van der Waals surface area contributed by atoms with Gasteiger partial charge < -0.3 is 25.6 Å². The van der Waals surface area contributed by atoms with Gasteiger partial charge in [-0.3, -0.25) is 4.40 Å². The van der Waals surface area contributed by atoms with Crippen LogP contribution in [-0.2, 0) is 0 Å². The molecular weight excluding hydrogens is 402 g/mol. The highest BCUT2D eigenvalue weighted by atomic mass is 16.5. The number of benzene rings is 1. The van der Waals surface area contributed by atoms with Crippen molar-refractivity contribution in [3.05, 3.63) is 61.1 Å². The van der Waals surface area contributed by atoms with Gasteiger partial charge in [0.15, 0.2) is 0 Å². The fourth-order valence-electron chi connectivity index (χ4n) is 3.60. The summed E-state index contributed by atoms with van der Waals surface area (Å²) in [6, 6.07) is 13.8. The van der Waals surface area contributed by atoms with Crippen molar-refractivity contribution in [1.29, 1.82) is 0 Å². The Morgan fingerprint density at radius 3 is 2.69 bits per heavy atom. The van der Waals surface area contributed by atoms with E-state index in [1.807, 2.05) is 61.9 Å². The van der Waals surface area contributed by atoms with Gasteiger partial charge in [-0.25, -0.2) is 9.97 Å². The molecule has 0 saturated heterocycles. The van der Waals surface area contributed by atoms with Crippen molar-refractivity contribution in [1.82, 2.24) is 19.3 Å². The number of likely N-dealkylation sites (N-methyl/N-ethyl adjacent to an activating group) is 2. The van der Waals surface area contributed by atoms with E-state index in [9.17, 15) is 0 Å². The van der Waals surface area contributed by atoms with Gasteiger partial charge in [-0.15, -0.1) is 0 Å². The lowest BCUT2D eigenvalue weighted by atomic mass is 10.2. The van der Waals surface area contributed by atoms with Gasteiger partial charge in [-0.1, -0.05) is 6.07 Å². The molecule has 32 heavy (non-hydrogen) atoms. The standard InChI is InChI=1S/C24H29N7O/c1-29(2)11-12-30(3)20-15-22(32-4)19(14-18(20)25)28-23-13-17(8-9-26-23)21-16-27-24-7-5-6-10-31(21)24/h5-10,13-16H,11-12,25H2,1-4H3,(H,26,28). The quantitative estimate of drug-likeness (QED) is 0.411. The zero-order valence-corrected chi connectivity index (χ0v) is 18.9. The number of nitrogen functional groups attached to an aromatic ring is 1. The molecule has 0 amide bonds. The zero-order chi connectivity index (χ0) is 22.7. The molecule has 0 aliphatic rings. The summed E-state index contributed by atoms with van der Waals surface area (Å²) in [6.07, 6.45) is 5.64. The molecule has 4 rings (SSSR count). The van der Waals surface area contributed by atoms with E-state index in [1.54, 1.807) is 13.3 Å². The van der Waals surface area contributed by atoms with Crippen LogP contribution in [0.25, 0.3) is 16.9 Å². The SMILES string of the molecule is COc1cc(N(C)CCN(C)C)c(N)cc1Nc1cc(-c2cnc3ccccn23)ccn1. The van der Waals surface area contributed by atoms with Crippen LogP contribution in [-0.4, -0.2) is 60.6 Å². The predicted molar refractivity (Wildman–Crippen MR) is 131 cm³/mol. The first-order chi connectivity index (χ1) is 15.5. The van der Waals surface area contributed by atoms with Gasteiger partial charge in [0, 0.05) is 44.2 Å². The van der Waals surface area contributed by atoms with E-state index in [1.165, 1.54) is 0 Å². The number of fused-ring (bicyclic) bond motifs is 1. The second-order valence-electron chi connectivity index (χ2n) is 7.96. The summed E-state index contributed by atoms with van der Waals surface area (Å²) in [5.41, 5.74) is 11.7. The van der Waals surface area contributed by atoms with Crippen LogP contribution >= 0.6 is 0 Å². The number of nitrogens with zero attached hydrogens (tertiary/aromatic N) is 5. The summed E-state index contributed by atoms with van der Waals surface area (Å²) in [4.78, 5) is 13.2. The van der Waals surface area contributed by atoms with E-state index < -0.39 is 0 Å². The first-order valence-electron chi connectivity index (χ1n) is 10.4. The molecule has 0 unspecified atom stereocenters. The molecular formula is C24H29N7O. The minimum absolute atomic E-state index is 0.674. The normalized spacial score (nSPS) is 11.2. The van der Waals surface area contributed by atoms with Crippen LogP contribution in [0.5, 0.6) is 5.75 Å². The number of nitrogens with one attached hydrogen (secondary N) is 1. The van der Waals surface area contributed by atoms with Crippen molar-refractivity contribution >= 4 is 28.5 Å². The highest BCUT2D eigenvalue weighted by molar-refractivity contribution is 5.80. The van der Waals surface area contributed by atoms with Crippen molar-refractivity contribution in [2.24, 2.45) is 0 Å². The predicted octanol–water partition coefficient (Wildman–Crippen LogP) is 3.73. The molecule has 166 valence electrons. The minimum Gasteiger partial charge on any atom is -0.494 e. The number of anilines is 4. The third-order valence-electron chi connectivity index (χ3n) is 5.38. The van der Waals surface area contributed by atoms with Gasteiger partial charge in [-0.05, 0) is 44.4 Å². The number of rotatable bonds is 8. The Morgan fingerprint density at radius 2 is 1.91 bits per heavy atom. The fraction of sp³-hybridized carbons (Fsp3) is 0.250. The highest BCUT2D eigenvalue weighted by Gasteiger charge is 2.14. The number of hydrogen-bond acceptors (Lipinski definition) is 7. The number of nitrogens with two attached hydrogens (primary N) is 1. The number of imidazole rings is 1. The molecule has 0 atom stereocenters. The lowest BCUT2D eigenvalue weighted by Gasteiger charge is -2.24. The number of methoxy groups -OCH3 is 1. The monoisotopic (exact) mass is 431 g/mol. The molecule has 8 nitrogen and oxygen atoms in total. The fourth-order valence-corrected chi connectivity index (χ4v) is 3.60. The van der Waals surface area contributed by atoms with Crippen LogP contribution in [0.3, 0.4) is 0 Å². The van der Waals surface area contributed by atoms with E-state index >= 15 is 0 Å². The lowest BCUT2D eigenvalue weighted by molar-refractivity contribution is 0.413. The third kappa shape index (κ3) is 4.45. The average Bonchev–Trinajstić information content (AvgIpc) is 3.22. The van der Waals surface area contributed by atoms with E-state index in [0.717, 1.165) is 41.4 Å². The van der Waals surface area contributed by atoms with Gasteiger partial charge in [-0.2, -0.15) is 0 Å². The summed E-state index contributed by atoms with van der Waals surface area (Å²) in [5.74, 6) is 1.40. The van der Waals surface area contributed by atoms with Gasteiger partial charge in [0.05, 0.1) is 36.1 Å². The van der Waals surface area contributed by atoms with E-state index in [0.29, 0.717) is 17.3 Å². The van der Waals surface area contributed by atoms with Gasteiger partial charge in [0.1, 0.15) is 17.2 Å². The van der Waals surface area contributed by atoms with Crippen LogP contribution < -0.4 is 20.7 Å². The second kappa shape index (κ2) is 9.15. The summed E-state index contributed by atoms with van der Waals surface area (Å²) in [5, 5.41) is 3.36. The molecule has 0 spiro atoms. The lowest BCUT2D eigenvalue weighted by Crippen LogP contribution is -2.29. The van der Waals surface area contributed by atoms with Crippen molar-refractivity contribution in [2.45, 2.75) is 0 Å². The smallest absolute Gasteiger partial charge is 0.144 e. The molecule has 0 bridgehead atoms. The number of aromatic nitrogens is 3. The van der Waals surface area contributed by atoms with Gasteiger partial charge in [0.2, 0.25) is 0 Å².